The predicted octanol–water partition coefficient (Wildman–Crippen LogP) is 4.57. The molecule has 3 N–H and O–H groups in total. The lowest BCUT2D eigenvalue weighted by Gasteiger charge is -2.18. The molecule has 0 saturated heterocycles. The second kappa shape index (κ2) is 9.54. The summed E-state index contributed by atoms with van der Waals surface area (Å²) in [5.74, 6) is 1.10. The van der Waals surface area contributed by atoms with Gasteiger partial charge in [-0.2, -0.15) is 4.98 Å². The number of anilines is 4. The number of halogens is 1. The molecule has 1 aliphatic heterocycles. The van der Waals surface area contributed by atoms with Gasteiger partial charge in [0.25, 0.3) is 5.91 Å². The number of hydrogen-bond acceptors (Lipinski definition) is 6. The van der Waals surface area contributed by atoms with E-state index in [2.05, 4.69) is 63.0 Å². The fourth-order valence-electron chi connectivity index (χ4n) is 4.02. The predicted molar refractivity (Wildman–Crippen MR) is 129 cm³/mol. The van der Waals surface area contributed by atoms with Gasteiger partial charge in [-0.1, -0.05) is 36.7 Å². The van der Waals surface area contributed by atoms with Gasteiger partial charge in [0.2, 0.25) is 5.95 Å². The maximum atomic E-state index is 12.2. The fourth-order valence-corrected chi connectivity index (χ4v) is 4.16. The average molecular weight is 451 g/mol. The van der Waals surface area contributed by atoms with Crippen LogP contribution in [-0.4, -0.2) is 48.0 Å². The van der Waals surface area contributed by atoms with Crippen LogP contribution >= 0.6 is 11.6 Å². The molecule has 0 unspecified atom stereocenters. The van der Waals surface area contributed by atoms with Crippen molar-refractivity contribution in [3.8, 4) is 0 Å². The molecule has 0 aliphatic carbocycles. The van der Waals surface area contributed by atoms with E-state index in [0.717, 1.165) is 25.2 Å². The SMILES string of the molecule is CNC(=O)c1ccccc1Nc1nc(Nc2ccc3c(c2)[C@@H](C)CN(C)CC3)ncc1Cl. The van der Waals surface area contributed by atoms with Gasteiger partial charge in [0.15, 0.2) is 5.82 Å². The van der Waals surface area contributed by atoms with Crippen LogP contribution in [0.4, 0.5) is 23.1 Å². The van der Waals surface area contributed by atoms with Crippen LogP contribution in [0.5, 0.6) is 0 Å². The summed E-state index contributed by atoms with van der Waals surface area (Å²) < 4.78 is 0. The van der Waals surface area contributed by atoms with Crippen molar-refractivity contribution in [3.63, 3.8) is 0 Å². The second-order valence-corrected chi connectivity index (χ2v) is 8.50. The van der Waals surface area contributed by atoms with Crippen molar-refractivity contribution in [2.24, 2.45) is 0 Å². The van der Waals surface area contributed by atoms with Gasteiger partial charge in [0, 0.05) is 25.8 Å². The minimum Gasteiger partial charge on any atom is -0.355 e. The average Bonchev–Trinajstić information content (AvgIpc) is 2.93. The van der Waals surface area contributed by atoms with Crippen molar-refractivity contribution in [3.05, 3.63) is 70.4 Å². The Morgan fingerprint density at radius 2 is 2.00 bits per heavy atom. The first-order valence-electron chi connectivity index (χ1n) is 10.6. The van der Waals surface area contributed by atoms with E-state index in [1.165, 1.54) is 11.1 Å². The number of nitrogens with one attached hydrogen (secondary N) is 3. The third-order valence-corrected chi connectivity index (χ3v) is 5.95. The van der Waals surface area contributed by atoms with Crippen molar-refractivity contribution in [2.75, 3.05) is 37.8 Å². The molecule has 0 bridgehead atoms. The van der Waals surface area contributed by atoms with Gasteiger partial charge in [0.05, 0.1) is 17.4 Å². The van der Waals surface area contributed by atoms with Crippen molar-refractivity contribution >= 4 is 40.6 Å². The standard InChI is InChI=1S/C24H27ClN6O/c1-15-14-31(3)11-10-16-8-9-17(12-19(15)16)28-24-27-13-20(25)22(30-24)29-21-7-5-4-6-18(21)23(32)26-2/h4-9,12-13,15H,10-11,14H2,1-3H3,(H,26,32)(H2,27,28,29,30)/t15-/m0/s1. The Bertz CT molecular complexity index is 1140. The van der Waals surface area contributed by atoms with E-state index < -0.39 is 0 Å². The maximum absolute atomic E-state index is 12.2. The molecule has 1 aliphatic rings. The van der Waals surface area contributed by atoms with Gasteiger partial charge < -0.3 is 20.9 Å². The van der Waals surface area contributed by atoms with Crippen LogP contribution < -0.4 is 16.0 Å². The third kappa shape index (κ3) is 4.84. The van der Waals surface area contributed by atoms with Gasteiger partial charge in [-0.3, -0.25) is 4.79 Å². The summed E-state index contributed by atoms with van der Waals surface area (Å²) in [5, 5.41) is 9.46. The highest BCUT2D eigenvalue weighted by Gasteiger charge is 2.18. The summed E-state index contributed by atoms with van der Waals surface area (Å²) in [6.45, 7) is 4.36. The van der Waals surface area contributed by atoms with Crippen molar-refractivity contribution in [2.45, 2.75) is 19.3 Å². The van der Waals surface area contributed by atoms with E-state index in [-0.39, 0.29) is 5.91 Å². The number of benzene rings is 2. The Hall–Kier alpha value is -3.16. The van der Waals surface area contributed by atoms with E-state index in [9.17, 15) is 4.79 Å². The van der Waals surface area contributed by atoms with Crippen molar-refractivity contribution < 1.29 is 4.79 Å². The third-order valence-electron chi connectivity index (χ3n) is 5.68. The van der Waals surface area contributed by atoms with Crippen LogP contribution in [0, 0.1) is 0 Å². The molecule has 166 valence electrons. The number of hydrogen-bond donors (Lipinski definition) is 3. The molecule has 2 aromatic carbocycles. The lowest BCUT2D eigenvalue weighted by Crippen LogP contribution is -2.22. The van der Waals surface area contributed by atoms with E-state index in [1.54, 1.807) is 31.4 Å². The van der Waals surface area contributed by atoms with Crippen LogP contribution in [0.1, 0.15) is 34.3 Å². The molecule has 0 fully saturated rings. The Balaban J connectivity index is 1.58. The van der Waals surface area contributed by atoms with Gasteiger partial charge in [-0.15, -0.1) is 0 Å². The first-order chi connectivity index (χ1) is 15.4. The van der Waals surface area contributed by atoms with Crippen LogP contribution in [0.15, 0.2) is 48.7 Å². The molecule has 0 spiro atoms. The largest absolute Gasteiger partial charge is 0.355 e. The van der Waals surface area contributed by atoms with E-state index in [0.29, 0.717) is 34.0 Å². The summed E-state index contributed by atoms with van der Waals surface area (Å²) in [7, 11) is 3.76. The molecule has 8 heteroatoms. The molecule has 1 amide bonds. The normalized spacial score (nSPS) is 16.1. The Morgan fingerprint density at radius 1 is 1.19 bits per heavy atom. The summed E-state index contributed by atoms with van der Waals surface area (Å²) in [6, 6.07) is 13.6. The number of rotatable bonds is 5. The van der Waals surface area contributed by atoms with Crippen LogP contribution in [-0.2, 0) is 6.42 Å². The Morgan fingerprint density at radius 3 is 2.81 bits per heavy atom. The topological polar surface area (TPSA) is 82.2 Å². The zero-order valence-electron chi connectivity index (χ0n) is 18.4. The zero-order chi connectivity index (χ0) is 22.7. The smallest absolute Gasteiger partial charge is 0.253 e. The molecule has 0 saturated carbocycles. The lowest BCUT2D eigenvalue weighted by atomic mass is 9.95. The zero-order valence-corrected chi connectivity index (χ0v) is 19.2. The lowest BCUT2D eigenvalue weighted by molar-refractivity contribution is 0.0964. The van der Waals surface area contributed by atoms with Gasteiger partial charge in [-0.25, -0.2) is 4.98 Å². The molecule has 0 radical (unpaired) electrons. The number of carbonyl (C=O) groups is 1. The van der Waals surface area contributed by atoms with E-state index >= 15 is 0 Å². The molecule has 1 atom stereocenters. The Labute approximate surface area is 193 Å². The minimum absolute atomic E-state index is 0.193. The Kier molecular flexibility index (Phi) is 6.58. The summed E-state index contributed by atoms with van der Waals surface area (Å²) in [4.78, 5) is 23.4. The number of nitrogens with zero attached hydrogens (tertiary/aromatic N) is 3. The highest BCUT2D eigenvalue weighted by atomic mass is 35.5. The quantitative estimate of drug-likeness (QED) is 0.528. The molecule has 7 nitrogen and oxygen atoms in total. The molecular formula is C24H27ClN6O. The van der Waals surface area contributed by atoms with Crippen LogP contribution in [0.3, 0.4) is 0 Å². The molecule has 3 aromatic rings. The highest BCUT2D eigenvalue weighted by Crippen LogP contribution is 2.30. The summed E-state index contributed by atoms with van der Waals surface area (Å²) in [5.41, 5.74) is 4.79. The molecular weight excluding hydrogens is 424 g/mol. The van der Waals surface area contributed by atoms with Crippen molar-refractivity contribution in [1.82, 2.24) is 20.2 Å². The van der Waals surface area contributed by atoms with Crippen LogP contribution in [0.25, 0.3) is 0 Å². The highest BCUT2D eigenvalue weighted by molar-refractivity contribution is 6.33. The fraction of sp³-hybridized carbons (Fsp3) is 0.292. The first-order valence-corrected chi connectivity index (χ1v) is 11.0. The van der Waals surface area contributed by atoms with Crippen molar-refractivity contribution in [1.29, 1.82) is 0 Å². The summed E-state index contributed by atoms with van der Waals surface area (Å²) >= 11 is 6.34. The maximum Gasteiger partial charge on any atom is 0.253 e. The van der Waals surface area contributed by atoms with Gasteiger partial charge in [0.1, 0.15) is 5.02 Å². The number of para-hydroxylation sites is 1. The van der Waals surface area contributed by atoms with Gasteiger partial charge in [-0.05, 0) is 54.8 Å². The number of carbonyl (C=O) groups excluding carboxylic acids is 1. The second-order valence-electron chi connectivity index (χ2n) is 8.09. The van der Waals surface area contributed by atoms with E-state index in [1.807, 2.05) is 6.07 Å². The summed E-state index contributed by atoms with van der Waals surface area (Å²) in [6.07, 6.45) is 2.59. The van der Waals surface area contributed by atoms with Crippen LogP contribution in [0.2, 0.25) is 5.02 Å². The number of aromatic nitrogens is 2. The number of amides is 1. The van der Waals surface area contributed by atoms with E-state index in [4.69, 9.17) is 11.6 Å². The minimum atomic E-state index is -0.193. The molecule has 1 aromatic heterocycles. The first kappa shape index (κ1) is 22.0. The molecule has 32 heavy (non-hydrogen) atoms. The number of likely N-dealkylation sites (N-methyl/N-ethyl adjacent to an activating group) is 1. The van der Waals surface area contributed by atoms with Gasteiger partial charge >= 0.3 is 0 Å². The number of fused-ring (bicyclic) bond motifs is 1. The monoisotopic (exact) mass is 450 g/mol. The molecule has 2 heterocycles. The molecule has 4 rings (SSSR count).